The van der Waals surface area contributed by atoms with E-state index in [2.05, 4.69) is 9.97 Å². The molecule has 1 aromatic carbocycles. The number of aromatic nitrogens is 2. The fraction of sp³-hybridized carbons (Fsp3) is 0.550. The highest BCUT2D eigenvalue weighted by Gasteiger charge is 2.23. The topological polar surface area (TPSA) is 112 Å². The average Bonchev–Trinajstić information content (AvgIpc) is 3.36. The first-order chi connectivity index (χ1) is 18.0. The number of anilines is 2. The van der Waals surface area contributed by atoms with Crippen molar-refractivity contribution in [3.63, 3.8) is 0 Å². The summed E-state index contributed by atoms with van der Waals surface area (Å²) in [5.41, 5.74) is -0.0811. The van der Waals surface area contributed by atoms with Crippen LogP contribution in [-0.4, -0.2) is 62.8 Å². The molecule has 1 fully saturated rings. The lowest BCUT2D eigenvalue weighted by Gasteiger charge is -2.20. The van der Waals surface area contributed by atoms with Crippen molar-refractivity contribution in [1.29, 1.82) is 0 Å². The highest BCUT2D eigenvalue weighted by molar-refractivity contribution is 5.95. The number of fused-ring (bicyclic) bond motifs is 1. The van der Waals surface area contributed by atoms with Gasteiger partial charge >= 0.3 is 0 Å². The number of carbonyl (C=O) groups excluding carboxylic acids is 1. The molecule has 2 aromatic rings. The Labute approximate surface area is 184 Å². The summed E-state index contributed by atoms with van der Waals surface area (Å²) in [7, 11) is -4.50. The third kappa shape index (κ3) is 4.45. The van der Waals surface area contributed by atoms with Crippen molar-refractivity contribution in [3.05, 3.63) is 11.6 Å². The quantitative estimate of drug-likeness (QED) is 0.638. The molecule has 2 heterocycles. The van der Waals surface area contributed by atoms with Crippen LogP contribution in [0.25, 0.3) is 10.9 Å². The maximum absolute atomic E-state index is 12.3. The van der Waals surface area contributed by atoms with Crippen LogP contribution in [0.2, 0.25) is 4.24 Å². The van der Waals surface area contributed by atoms with Gasteiger partial charge in [0, 0.05) is 43.7 Å². The Morgan fingerprint density at radius 2 is 2.41 bits per heavy atom. The third-order valence-corrected chi connectivity index (χ3v) is 4.70. The molecule has 0 aliphatic carbocycles. The first kappa shape index (κ1) is 11.4. The molecule has 158 valence electrons. The molecular formula is C20H29N5O4. The fourth-order valence-corrected chi connectivity index (χ4v) is 3.16. The minimum Gasteiger partial charge on any atom is -0.493 e. The summed E-state index contributed by atoms with van der Waals surface area (Å²) < 4.78 is 92.3. The first-order valence-electron chi connectivity index (χ1n) is 14.0. The molecule has 3 rings (SSSR count). The van der Waals surface area contributed by atoms with Gasteiger partial charge in [0.25, 0.3) is 0 Å². The van der Waals surface area contributed by atoms with Gasteiger partial charge in [0.05, 0.1) is 29.2 Å². The van der Waals surface area contributed by atoms with Gasteiger partial charge in [-0.25, -0.2) is 4.98 Å². The summed E-state index contributed by atoms with van der Waals surface area (Å²) in [5, 5.41) is 0.765. The number of nitrogens with one attached hydrogen (secondary N) is 1. The van der Waals surface area contributed by atoms with Gasteiger partial charge in [0.1, 0.15) is 11.9 Å². The van der Waals surface area contributed by atoms with Crippen molar-refractivity contribution >= 4 is 28.6 Å². The molecule has 1 aliphatic heterocycles. The zero-order valence-electron chi connectivity index (χ0n) is 26.2. The van der Waals surface area contributed by atoms with Gasteiger partial charge in [-0.15, -0.1) is 0 Å². The molecule has 0 bridgehead atoms. The number of nitrogens with zero attached hydrogens (tertiary/aromatic N) is 3. The number of methoxy groups -OCH3 is 2. The Kier molecular flexibility index (Phi) is 3.59. The number of benzene rings is 1. The Bertz CT molecular complexity index is 1200. The zero-order valence-corrected chi connectivity index (χ0v) is 16.2. The highest BCUT2D eigenvalue weighted by atomic mass is 16.5. The standard InChI is InChI=1S/C20H29N5O4/c1-12-16-13(11-15(27-3)17(12)28-4)23-20(24-18(16)21)25(2)9-6-8-22-19(26)14-7-5-10-29-14/h11,14H,5-10H2,1-4H3,(H,22,26)(H2,21,23,24)/i3D3,4D3,11D/hD3. The largest absolute Gasteiger partial charge is 0.493 e. The Morgan fingerprint density at radius 1 is 1.55 bits per heavy atom. The maximum Gasteiger partial charge on any atom is 0.249 e. The van der Waals surface area contributed by atoms with E-state index in [0.29, 0.717) is 19.4 Å². The van der Waals surface area contributed by atoms with Gasteiger partial charge in [0.15, 0.2) is 15.7 Å². The summed E-state index contributed by atoms with van der Waals surface area (Å²) in [6.45, 7) is 2.16. The molecule has 1 saturated heterocycles. The highest BCUT2D eigenvalue weighted by Crippen LogP contribution is 2.38. The Hall–Kier alpha value is -2.81. The van der Waals surface area contributed by atoms with E-state index in [1.54, 1.807) is 7.05 Å². The molecule has 3 N–H and O–H groups in total. The molecule has 1 aromatic heterocycles. The second-order valence-corrected chi connectivity index (χ2v) is 6.68. The van der Waals surface area contributed by atoms with Gasteiger partial charge in [-0.3, -0.25) is 4.79 Å². The lowest BCUT2D eigenvalue weighted by atomic mass is 10.1. The monoisotopic (exact) mass is 413 g/mol. The molecule has 1 atom stereocenters. The van der Waals surface area contributed by atoms with E-state index < -0.39 is 43.6 Å². The van der Waals surface area contributed by atoms with Gasteiger partial charge in [-0.2, -0.15) is 4.98 Å². The van der Waals surface area contributed by atoms with E-state index in [0.717, 1.165) is 11.7 Å². The lowest BCUT2D eigenvalue weighted by Crippen LogP contribution is -2.36. The van der Waals surface area contributed by atoms with Gasteiger partial charge < -0.3 is 30.1 Å². The van der Waals surface area contributed by atoms with Crippen molar-refractivity contribution < 1.29 is 32.8 Å². The number of hydrogen-bond acceptors (Lipinski definition) is 8. The second-order valence-electron chi connectivity index (χ2n) is 6.68. The van der Waals surface area contributed by atoms with Gasteiger partial charge in [-0.05, 0) is 26.2 Å². The molecule has 1 amide bonds. The SMILES string of the molecule is [2H]c1c(OC([2H])([2H])[2H])c(OC([2H])([2H])[2H])c(C)c2c(N([2H])[2H])nc(N(C)CCCN([2H])C(=O)C3CCCO3)nc12. The zero-order chi connectivity index (χ0) is 29.3. The van der Waals surface area contributed by atoms with E-state index in [1.807, 2.05) is 0 Å². The molecule has 0 radical (unpaired) electrons. The second kappa shape index (κ2) is 9.13. The number of amides is 1. The van der Waals surface area contributed by atoms with E-state index in [1.165, 1.54) is 11.8 Å². The predicted molar refractivity (Wildman–Crippen MR) is 112 cm³/mol. The molecule has 1 unspecified atom stereocenters. The van der Waals surface area contributed by atoms with Crippen molar-refractivity contribution in [3.8, 4) is 11.5 Å². The molecule has 9 heteroatoms. The van der Waals surface area contributed by atoms with Crippen LogP contribution < -0.4 is 25.4 Å². The van der Waals surface area contributed by atoms with E-state index in [9.17, 15) is 4.79 Å². The summed E-state index contributed by atoms with van der Waals surface area (Å²) in [5.74, 6) is -2.04. The third-order valence-electron chi connectivity index (χ3n) is 4.70. The van der Waals surface area contributed by atoms with Crippen molar-refractivity contribution in [2.24, 2.45) is 0 Å². The lowest BCUT2D eigenvalue weighted by molar-refractivity contribution is -0.130. The molecule has 9 nitrogen and oxygen atoms in total. The van der Waals surface area contributed by atoms with E-state index >= 15 is 0 Å². The van der Waals surface area contributed by atoms with Gasteiger partial charge in [0.2, 0.25) is 11.9 Å². The van der Waals surface area contributed by atoms with Crippen LogP contribution in [-0.2, 0) is 9.53 Å². The van der Waals surface area contributed by atoms with Gasteiger partial charge in [-0.1, -0.05) is 0 Å². The number of rotatable bonds is 9. The maximum atomic E-state index is 12.3. The van der Waals surface area contributed by atoms with Crippen molar-refractivity contribution in [1.82, 2.24) is 15.3 Å². The van der Waals surface area contributed by atoms with Crippen LogP contribution in [0.5, 0.6) is 11.5 Å². The number of aryl methyl sites for hydroxylation is 1. The van der Waals surface area contributed by atoms with Crippen LogP contribution >= 0.6 is 0 Å². The average molecular weight is 414 g/mol. The summed E-state index contributed by atoms with van der Waals surface area (Å²) >= 11 is 0. The number of hydrogen-bond donors (Lipinski definition) is 2. The van der Waals surface area contributed by atoms with Crippen LogP contribution in [0.4, 0.5) is 11.8 Å². The number of carbonyl (C=O) groups is 1. The summed E-state index contributed by atoms with van der Waals surface area (Å²) in [6, 6.07) is -0.634. The Morgan fingerprint density at radius 3 is 3.14 bits per heavy atom. The Balaban J connectivity index is 1.98. The normalized spacial score (nSPS) is 21.8. The molecule has 29 heavy (non-hydrogen) atoms. The molecular weight excluding hydrogens is 374 g/mol. The number of nitrogens with two attached hydrogens (primary N) is 1. The van der Waals surface area contributed by atoms with Crippen molar-refractivity contribution in [2.75, 3.05) is 51.4 Å². The van der Waals surface area contributed by atoms with Crippen molar-refractivity contribution in [2.45, 2.75) is 32.3 Å². The van der Waals surface area contributed by atoms with E-state index in [4.69, 9.17) is 28.0 Å². The van der Waals surface area contributed by atoms with Crippen LogP contribution in [0.1, 0.15) is 34.4 Å². The number of nitrogen functional groups attached to an aromatic ring is 1. The fourth-order valence-electron chi connectivity index (χ4n) is 3.16. The van der Waals surface area contributed by atoms with Crippen LogP contribution in [0, 0.1) is 6.92 Å². The molecule has 0 spiro atoms. The molecule has 0 saturated carbocycles. The number of ether oxygens (including phenoxy) is 3. The first-order valence-corrected chi connectivity index (χ1v) is 9.14. The smallest absolute Gasteiger partial charge is 0.249 e. The minimum absolute atomic E-state index is 0.0393. The predicted octanol–water partition coefficient (Wildman–Crippen LogP) is 1.66. The van der Waals surface area contributed by atoms with Crippen LogP contribution in [0.3, 0.4) is 0 Å². The van der Waals surface area contributed by atoms with E-state index in [-0.39, 0.29) is 47.0 Å². The molecule has 1 aliphatic rings. The summed E-state index contributed by atoms with van der Waals surface area (Å²) in [6.07, 6.45) is 1.04. The summed E-state index contributed by atoms with van der Waals surface area (Å²) in [4.78, 5) is 22.4. The minimum atomic E-state index is -3.06. The van der Waals surface area contributed by atoms with Crippen LogP contribution in [0.15, 0.2) is 6.04 Å².